The van der Waals surface area contributed by atoms with Crippen molar-refractivity contribution in [2.45, 2.75) is 19.8 Å². The lowest BCUT2D eigenvalue weighted by molar-refractivity contribution is 0.0949. The Balaban J connectivity index is 1.92. The van der Waals surface area contributed by atoms with Crippen LogP contribution in [0.4, 0.5) is 14.5 Å². The number of nitrogens with zero attached hydrogens (tertiary/aromatic N) is 1. The molecule has 1 aliphatic heterocycles. The Morgan fingerprint density at radius 3 is 2.43 bits per heavy atom. The maximum atomic E-state index is 13.7. The summed E-state index contributed by atoms with van der Waals surface area (Å²) in [5, 5.41) is 5.30. The van der Waals surface area contributed by atoms with Crippen LogP contribution in [0, 0.1) is 11.6 Å². The molecule has 0 saturated carbocycles. The van der Waals surface area contributed by atoms with Gasteiger partial charge in [-0.05, 0) is 45.0 Å². The first-order chi connectivity index (χ1) is 10.1. The van der Waals surface area contributed by atoms with Crippen molar-refractivity contribution in [1.29, 1.82) is 0 Å². The second kappa shape index (κ2) is 7.36. The molecule has 4 nitrogen and oxygen atoms in total. The number of likely N-dealkylation sites (tertiary alicyclic amines) is 1. The van der Waals surface area contributed by atoms with Gasteiger partial charge in [-0.1, -0.05) is 0 Å². The summed E-state index contributed by atoms with van der Waals surface area (Å²) in [6.45, 7) is 5.52. The Morgan fingerprint density at radius 1 is 1.24 bits per heavy atom. The Bertz CT molecular complexity index is 479. The summed E-state index contributed by atoms with van der Waals surface area (Å²) >= 11 is 0. The molecular weight excluding hydrogens is 276 g/mol. The first kappa shape index (κ1) is 15.7. The van der Waals surface area contributed by atoms with Crippen LogP contribution in [0.5, 0.6) is 0 Å². The highest BCUT2D eigenvalue weighted by atomic mass is 19.1. The molecule has 1 amide bonds. The molecule has 0 unspecified atom stereocenters. The van der Waals surface area contributed by atoms with Gasteiger partial charge in [0.25, 0.3) is 5.91 Å². The average Bonchev–Trinajstić information content (AvgIpc) is 2.95. The van der Waals surface area contributed by atoms with Gasteiger partial charge in [0.05, 0.1) is 0 Å². The Morgan fingerprint density at radius 2 is 1.86 bits per heavy atom. The zero-order valence-corrected chi connectivity index (χ0v) is 12.2. The normalized spacial score (nSPS) is 15.2. The molecule has 1 fully saturated rings. The maximum Gasteiger partial charge on any atom is 0.251 e. The summed E-state index contributed by atoms with van der Waals surface area (Å²) in [4.78, 5) is 14.2. The van der Waals surface area contributed by atoms with Crippen LogP contribution in [-0.4, -0.2) is 43.5 Å². The van der Waals surface area contributed by atoms with Crippen LogP contribution in [0.25, 0.3) is 0 Å². The predicted octanol–water partition coefficient (Wildman–Crippen LogP) is 2.22. The number of amides is 1. The van der Waals surface area contributed by atoms with Crippen LogP contribution >= 0.6 is 0 Å². The number of hydrogen-bond acceptors (Lipinski definition) is 3. The highest BCUT2D eigenvalue weighted by molar-refractivity contribution is 5.94. The van der Waals surface area contributed by atoms with Gasteiger partial charge in [-0.2, -0.15) is 0 Å². The third-order valence-corrected chi connectivity index (χ3v) is 3.57. The van der Waals surface area contributed by atoms with Crippen molar-refractivity contribution in [2.75, 3.05) is 38.0 Å². The van der Waals surface area contributed by atoms with Crippen LogP contribution in [0.3, 0.4) is 0 Å². The van der Waals surface area contributed by atoms with E-state index in [1.165, 1.54) is 12.8 Å². The standard InChI is InChI=1S/C15H21F2N3O/c1-2-18-14-12(16)9-11(10-13(14)17)15(21)19-5-8-20-6-3-4-7-20/h9-10,18H,2-8H2,1H3,(H,19,21). The van der Waals surface area contributed by atoms with E-state index in [0.717, 1.165) is 31.8 Å². The van der Waals surface area contributed by atoms with Gasteiger partial charge in [0, 0.05) is 25.2 Å². The monoisotopic (exact) mass is 297 g/mol. The molecule has 0 atom stereocenters. The molecule has 1 aromatic rings. The SMILES string of the molecule is CCNc1c(F)cc(C(=O)NCCN2CCCC2)cc1F. The summed E-state index contributed by atoms with van der Waals surface area (Å²) in [7, 11) is 0. The van der Waals surface area contributed by atoms with Gasteiger partial charge in [-0.3, -0.25) is 4.79 Å². The van der Waals surface area contributed by atoms with Crippen LogP contribution in [0.15, 0.2) is 12.1 Å². The number of hydrogen-bond donors (Lipinski definition) is 2. The third-order valence-electron chi connectivity index (χ3n) is 3.57. The van der Waals surface area contributed by atoms with Gasteiger partial charge < -0.3 is 15.5 Å². The van der Waals surface area contributed by atoms with Crippen molar-refractivity contribution in [1.82, 2.24) is 10.2 Å². The quantitative estimate of drug-likeness (QED) is 0.846. The van der Waals surface area contributed by atoms with Crippen LogP contribution < -0.4 is 10.6 Å². The van der Waals surface area contributed by atoms with Gasteiger partial charge in [0.1, 0.15) is 17.3 Å². The van der Waals surface area contributed by atoms with Crippen molar-refractivity contribution >= 4 is 11.6 Å². The molecule has 0 aromatic heterocycles. The maximum absolute atomic E-state index is 13.7. The van der Waals surface area contributed by atoms with E-state index >= 15 is 0 Å². The lowest BCUT2D eigenvalue weighted by atomic mass is 10.1. The van der Waals surface area contributed by atoms with E-state index in [4.69, 9.17) is 0 Å². The van der Waals surface area contributed by atoms with Gasteiger partial charge >= 0.3 is 0 Å². The predicted molar refractivity (Wildman–Crippen MR) is 78.5 cm³/mol. The summed E-state index contributed by atoms with van der Waals surface area (Å²) in [6.07, 6.45) is 2.38. The lowest BCUT2D eigenvalue weighted by Crippen LogP contribution is -2.33. The molecule has 0 spiro atoms. The minimum Gasteiger partial charge on any atom is -0.381 e. The van der Waals surface area contributed by atoms with Gasteiger partial charge in [0.15, 0.2) is 0 Å². The fourth-order valence-electron chi connectivity index (χ4n) is 2.49. The number of carbonyl (C=O) groups is 1. The number of carbonyl (C=O) groups excluding carboxylic acids is 1. The van der Waals surface area contributed by atoms with E-state index in [-0.39, 0.29) is 11.3 Å². The van der Waals surface area contributed by atoms with E-state index < -0.39 is 17.5 Å². The molecule has 1 saturated heterocycles. The number of benzene rings is 1. The molecule has 1 aromatic carbocycles. The topological polar surface area (TPSA) is 44.4 Å². The summed E-state index contributed by atoms with van der Waals surface area (Å²) in [5.74, 6) is -1.95. The van der Waals surface area contributed by atoms with Gasteiger partial charge in [0.2, 0.25) is 0 Å². The average molecular weight is 297 g/mol. The van der Waals surface area contributed by atoms with E-state index in [0.29, 0.717) is 13.1 Å². The highest BCUT2D eigenvalue weighted by Crippen LogP contribution is 2.20. The van der Waals surface area contributed by atoms with E-state index in [9.17, 15) is 13.6 Å². The Hall–Kier alpha value is -1.69. The van der Waals surface area contributed by atoms with Gasteiger partial charge in [-0.15, -0.1) is 0 Å². The molecule has 0 bridgehead atoms. The zero-order valence-electron chi connectivity index (χ0n) is 12.2. The molecule has 6 heteroatoms. The molecule has 2 rings (SSSR count). The molecule has 116 valence electrons. The number of halogens is 2. The Kier molecular flexibility index (Phi) is 5.50. The van der Waals surface area contributed by atoms with Crippen molar-refractivity contribution in [2.24, 2.45) is 0 Å². The molecule has 21 heavy (non-hydrogen) atoms. The largest absolute Gasteiger partial charge is 0.381 e. The van der Waals surface area contributed by atoms with E-state index in [1.54, 1.807) is 6.92 Å². The molecule has 0 aliphatic carbocycles. The fraction of sp³-hybridized carbons (Fsp3) is 0.533. The molecule has 2 N–H and O–H groups in total. The van der Waals surface area contributed by atoms with Crippen molar-refractivity contribution in [3.63, 3.8) is 0 Å². The first-order valence-corrected chi connectivity index (χ1v) is 7.35. The van der Waals surface area contributed by atoms with E-state index in [2.05, 4.69) is 15.5 Å². The number of rotatable bonds is 6. The Labute approximate surface area is 123 Å². The molecule has 1 heterocycles. The minimum absolute atomic E-state index is 0.00748. The first-order valence-electron chi connectivity index (χ1n) is 7.35. The zero-order chi connectivity index (χ0) is 15.2. The minimum atomic E-state index is -0.749. The van der Waals surface area contributed by atoms with Crippen LogP contribution in [0.2, 0.25) is 0 Å². The van der Waals surface area contributed by atoms with Gasteiger partial charge in [-0.25, -0.2) is 8.78 Å². The lowest BCUT2D eigenvalue weighted by Gasteiger charge is -2.15. The second-order valence-corrected chi connectivity index (χ2v) is 5.15. The second-order valence-electron chi connectivity index (χ2n) is 5.15. The van der Waals surface area contributed by atoms with Crippen molar-refractivity contribution < 1.29 is 13.6 Å². The number of anilines is 1. The molecule has 0 radical (unpaired) electrons. The van der Waals surface area contributed by atoms with Crippen LogP contribution in [-0.2, 0) is 0 Å². The summed E-state index contributed by atoms with van der Waals surface area (Å²) < 4.78 is 27.5. The highest BCUT2D eigenvalue weighted by Gasteiger charge is 2.15. The van der Waals surface area contributed by atoms with E-state index in [1.807, 2.05) is 0 Å². The summed E-state index contributed by atoms with van der Waals surface area (Å²) in [5.41, 5.74) is -0.181. The van der Waals surface area contributed by atoms with Crippen molar-refractivity contribution in [3.05, 3.63) is 29.3 Å². The number of nitrogens with one attached hydrogen (secondary N) is 2. The molecular formula is C15H21F2N3O. The summed E-state index contributed by atoms with van der Waals surface area (Å²) in [6, 6.07) is 2.12. The van der Waals surface area contributed by atoms with Crippen molar-refractivity contribution in [3.8, 4) is 0 Å². The third kappa shape index (κ3) is 4.14. The molecule has 1 aliphatic rings. The van der Waals surface area contributed by atoms with Crippen LogP contribution in [0.1, 0.15) is 30.1 Å². The smallest absolute Gasteiger partial charge is 0.251 e. The fourth-order valence-corrected chi connectivity index (χ4v) is 2.49.